The Morgan fingerprint density at radius 2 is 1.74 bits per heavy atom. The second-order valence-electron chi connectivity index (χ2n) is 4.38. The van der Waals surface area contributed by atoms with E-state index in [1.807, 2.05) is 0 Å². The van der Waals surface area contributed by atoms with E-state index < -0.39 is 33.6 Å². The third-order valence-corrected chi connectivity index (χ3v) is 3.93. The van der Waals surface area contributed by atoms with Crippen LogP contribution in [0.1, 0.15) is 38.5 Å². The van der Waals surface area contributed by atoms with Gasteiger partial charge in [-0.2, -0.15) is 26.0 Å². The Hall–Kier alpha value is -1.12. The molecular weight excluding hydrogens is 287 g/mol. The zero-order valence-electron chi connectivity index (χ0n) is 9.94. The maximum Gasteiger partial charge on any atom is 0.518 e. The maximum absolute atomic E-state index is 12.0. The zero-order chi connectivity index (χ0) is 14.7. The number of carbonyl (C=O) groups excluding carboxylic acids is 1. The lowest BCUT2D eigenvalue weighted by Gasteiger charge is -2.21. The highest BCUT2D eigenvalue weighted by molar-refractivity contribution is 7.91. The lowest BCUT2D eigenvalue weighted by Crippen LogP contribution is -2.30. The minimum Gasteiger partial charge on any atom is -0.861 e. The van der Waals surface area contributed by atoms with Crippen molar-refractivity contribution in [2.75, 3.05) is 0 Å². The van der Waals surface area contributed by atoms with Crippen LogP contribution >= 0.6 is 0 Å². The van der Waals surface area contributed by atoms with Crippen molar-refractivity contribution in [3.63, 3.8) is 0 Å². The van der Waals surface area contributed by atoms with Crippen LogP contribution in [0.2, 0.25) is 0 Å². The summed E-state index contributed by atoms with van der Waals surface area (Å²) in [5.74, 6) is -2.47. The SMILES string of the molecule is O=C(C/C([O-])=N/S(=O)(=O)C(F)(F)F)C1CCCCC1. The summed E-state index contributed by atoms with van der Waals surface area (Å²) in [6, 6.07) is 0. The van der Waals surface area contributed by atoms with E-state index in [1.54, 1.807) is 0 Å². The van der Waals surface area contributed by atoms with Gasteiger partial charge in [0, 0.05) is 12.3 Å². The van der Waals surface area contributed by atoms with Gasteiger partial charge >= 0.3 is 15.5 Å². The molecule has 1 rings (SSSR count). The van der Waals surface area contributed by atoms with Crippen molar-refractivity contribution >= 4 is 21.7 Å². The predicted molar refractivity (Wildman–Crippen MR) is 58.6 cm³/mol. The summed E-state index contributed by atoms with van der Waals surface area (Å²) in [5, 5.41) is 11.1. The topological polar surface area (TPSA) is 86.6 Å². The van der Waals surface area contributed by atoms with E-state index in [1.165, 1.54) is 0 Å². The van der Waals surface area contributed by atoms with Gasteiger partial charge in [0.15, 0.2) is 0 Å². The monoisotopic (exact) mass is 300 g/mol. The average molecular weight is 300 g/mol. The van der Waals surface area contributed by atoms with Crippen molar-refractivity contribution in [2.24, 2.45) is 10.3 Å². The van der Waals surface area contributed by atoms with Gasteiger partial charge < -0.3 is 5.11 Å². The number of nitrogens with zero attached hydrogens (tertiary/aromatic N) is 1. The van der Waals surface area contributed by atoms with E-state index in [4.69, 9.17) is 0 Å². The molecule has 0 atom stereocenters. The van der Waals surface area contributed by atoms with Crippen LogP contribution in [0.3, 0.4) is 0 Å². The highest BCUT2D eigenvalue weighted by Crippen LogP contribution is 2.26. The van der Waals surface area contributed by atoms with Crippen LogP contribution in [0, 0.1) is 5.92 Å². The molecule has 110 valence electrons. The van der Waals surface area contributed by atoms with Crippen molar-refractivity contribution in [3.05, 3.63) is 0 Å². The Morgan fingerprint density at radius 3 is 2.21 bits per heavy atom. The van der Waals surface area contributed by atoms with E-state index >= 15 is 0 Å². The van der Waals surface area contributed by atoms with E-state index in [0.717, 1.165) is 19.3 Å². The summed E-state index contributed by atoms with van der Waals surface area (Å²) in [6.07, 6.45) is 2.89. The smallest absolute Gasteiger partial charge is 0.518 e. The van der Waals surface area contributed by atoms with Crippen molar-refractivity contribution < 1.29 is 31.5 Å². The fourth-order valence-electron chi connectivity index (χ4n) is 1.94. The molecule has 0 aromatic carbocycles. The van der Waals surface area contributed by atoms with Crippen LogP contribution < -0.4 is 5.11 Å². The van der Waals surface area contributed by atoms with Gasteiger partial charge in [-0.25, -0.2) is 0 Å². The number of carbonyl (C=O) groups is 1. The van der Waals surface area contributed by atoms with Gasteiger partial charge in [-0.15, -0.1) is 0 Å². The van der Waals surface area contributed by atoms with Crippen molar-refractivity contribution in [1.29, 1.82) is 0 Å². The molecule has 0 spiro atoms. The summed E-state index contributed by atoms with van der Waals surface area (Å²) >= 11 is 0. The first-order valence-corrected chi connectivity index (χ1v) is 7.17. The molecule has 1 aliphatic carbocycles. The molecule has 0 aliphatic heterocycles. The molecule has 5 nitrogen and oxygen atoms in total. The highest BCUT2D eigenvalue weighted by atomic mass is 32.2. The maximum atomic E-state index is 12.0. The summed E-state index contributed by atoms with van der Waals surface area (Å²) in [6.45, 7) is 0. The Labute approximate surface area is 108 Å². The van der Waals surface area contributed by atoms with Gasteiger partial charge in [0.05, 0.1) is 0 Å². The molecule has 0 N–H and O–H groups in total. The van der Waals surface area contributed by atoms with E-state index in [-0.39, 0.29) is 5.92 Å². The molecule has 9 heteroatoms. The number of Topliss-reactive ketones (excluding diaryl/α,β-unsaturated/α-hetero) is 1. The molecule has 0 unspecified atom stereocenters. The minimum atomic E-state index is -5.85. The lowest BCUT2D eigenvalue weighted by atomic mass is 9.85. The summed E-state index contributed by atoms with van der Waals surface area (Å²) in [5.41, 5.74) is -5.61. The van der Waals surface area contributed by atoms with Gasteiger partial charge in [-0.05, 0) is 18.7 Å². The number of ketones is 1. The standard InChI is InChI=1S/C10H14F3NO4S/c11-10(12,13)19(17,18)14-9(16)6-8(15)7-4-2-1-3-5-7/h7H,1-6H2,(H,14,16)/p-1. The Bertz CT molecular complexity index is 464. The second-order valence-corrected chi connectivity index (χ2v) is 5.98. The minimum absolute atomic E-state index is 0.374. The van der Waals surface area contributed by atoms with Gasteiger partial charge in [0.2, 0.25) is 0 Å². The number of rotatable bonds is 4. The number of hydrogen-bond acceptors (Lipinski definition) is 4. The third kappa shape index (κ3) is 4.48. The fourth-order valence-corrected chi connectivity index (χ4v) is 2.37. The number of sulfonamides is 1. The van der Waals surface area contributed by atoms with Crippen molar-refractivity contribution in [3.8, 4) is 0 Å². The van der Waals surface area contributed by atoms with Gasteiger partial charge in [0.1, 0.15) is 5.78 Å². The van der Waals surface area contributed by atoms with Crippen molar-refractivity contribution in [1.82, 2.24) is 0 Å². The molecule has 0 saturated heterocycles. The van der Waals surface area contributed by atoms with Crippen LogP contribution in [0.4, 0.5) is 13.2 Å². The third-order valence-electron chi connectivity index (χ3n) is 2.90. The summed E-state index contributed by atoms with van der Waals surface area (Å²) in [4.78, 5) is 11.6. The average Bonchev–Trinajstić information content (AvgIpc) is 2.27. The van der Waals surface area contributed by atoms with Gasteiger partial charge in [0.25, 0.3) is 0 Å². The lowest BCUT2D eigenvalue weighted by molar-refractivity contribution is -0.218. The molecule has 1 fully saturated rings. The first kappa shape index (κ1) is 15.9. The second kappa shape index (κ2) is 5.89. The molecule has 1 aliphatic rings. The fraction of sp³-hybridized carbons (Fsp3) is 0.800. The Balaban J connectivity index is 2.69. The molecule has 0 aromatic heterocycles. The molecule has 0 amide bonds. The number of alkyl halides is 3. The van der Waals surface area contributed by atoms with Gasteiger partial charge in [-0.3, -0.25) is 4.79 Å². The zero-order valence-corrected chi connectivity index (χ0v) is 10.8. The first-order chi connectivity index (χ1) is 8.63. The molecular formula is C10H13F3NO4S-. The molecule has 19 heavy (non-hydrogen) atoms. The Morgan fingerprint density at radius 1 is 1.21 bits per heavy atom. The van der Waals surface area contributed by atoms with Crippen LogP contribution in [0.15, 0.2) is 4.40 Å². The summed E-state index contributed by atoms with van der Waals surface area (Å²) < 4.78 is 59.2. The normalized spacial score (nSPS) is 19.4. The molecule has 0 radical (unpaired) electrons. The highest BCUT2D eigenvalue weighted by Gasteiger charge is 2.45. The largest absolute Gasteiger partial charge is 0.861 e. The predicted octanol–water partition coefficient (Wildman–Crippen LogP) is 1.13. The Kier molecular flexibility index (Phi) is 4.94. The molecule has 0 bridgehead atoms. The molecule has 1 saturated carbocycles. The molecule has 0 heterocycles. The van der Waals surface area contributed by atoms with E-state index in [2.05, 4.69) is 4.40 Å². The number of halogens is 3. The quantitative estimate of drug-likeness (QED) is 0.575. The number of hydrogen-bond donors (Lipinski definition) is 0. The van der Waals surface area contributed by atoms with Gasteiger partial charge in [-0.1, -0.05) is 19.3 Å². The van der Waals surface area contributed by atoms with E-state index in [9.17, 15) is 31.5 Å². The van der Waals surface area contributed by atoms with Crippen LogP contribution in [0.25, 0.3) is 0 Å². The summed E-state index contributed by atoms with van der Waals surface area (Å²) in [7, 11) is -5.85. The van der Waals surface area contributed by atoms with E-state index in [0.29, 0.717) is 12.8 Å². The van der Waals surface area contributed by atoms with Crippen LogP contribution in [-0.2, 0) is 14.8 Å². The van der Waals surface area contributed by atoms with Crippen molar-refractivity contribution in [2.45, 2.75) is 44.0 Å². The first-order valence-electron chi connectivity index (χ1n) is 5.73. The van der Waals surface area contributed by atoms with Crippen LogP contribution in [-0.4, -0.2) is 25.6 Å². The van der Waals surface area contributed by atoms with Crippen LogP contribution in [0.5, 0.6) is 0 Å². The molecule has 0 aromatic rings.